The van der Waals surface area contributed by atoms with Crippen molar-refractivity contribution in [2.45, 2.75) is 30.6 Å². The molecule has 2 fully saturated rings. The van der Waals surface area contributed by atoms with E-state index in [2.05, 4.69) is 18.2 Å². The molecule has 0 aromatic rings. The van der Waals surface area contributed by atoms with Crippen molar-refractivity contribution in [2.75, 3.05) is 46.2 Å². The van der Waals surface area contributed by atoms with Gasteiger partial charge in [0.25, 0.3) is 0 Å². The molecule has 1 aliphatic heterocycles. The molecule has 1 heterocycles. The molecule has 0 spiro atoms. The van der Waals surface area contributed by atoms with Crippen molar-refractivity contribution < 1.29 is 9.53 Å². The summed E-state index contributed by atoms with van der Waals surface area (Å²) in [7, 11) is 2.09. The van der Waals surface area contributed by atoms with Crippen LogP contribution in [0.4, 0.5) is 0 Å². The van der Waals surface area contributed by atoms with E-state index in [-0.39, 0.29) is 5.91 Å². The first-order valence-electron chi connectivity index (χ1n) is 6.81. The van der Waals surface area contributed by atoms with Crippen molar-refractivity contribution in [3.05, 3.63) is 0 Å². The Hall–Kier alpha value is -0.260. The van der Waals surface area contributed by atoms with Crippen molar-refractivity contribution in [3.63, 3.8) is 0 Å². The third-order valence-corrected chi connectivity index (χ3v) is 5.19. The Labute approximate surface area is 114 Å². The average Bonchev–Trinajstić information content (AvgIpc) is 2.88. The lowest BCUT2D eigenvalue weighted by Gasteiger charge is -2.32. The Morgan fingerprint density at radius 1 is 1.39 bits per heavy atom. The maximum atomic E-state index is 12.2. The van der Waals surface area contributed by atoms with Gasteiger partial charge in [-0.15, -0.1) is 0 Å². The van der Waals surface area contributed by atoms with Gasteiger partial charge in [-0.25, -0.2) is 0 Å². The molecule has 5 heteroatoms. The smallest absolute Gasteiger partial charge is 0.236 e. The minimum atomic E-state index is 0.257. The number of rotatable bonds is 4. The fraction of sp³-hybridized carbons (Fsp3) is 0.923. The molecule has 1 amide bonds. The minimum absolute atomic E-state index is 0.257. The Balaban J connectivity index is 1.82. The van der Waals surface area contributed by atoms with Crippen LogP contribution in [0, 0.1) is 0 Å². The lowest BCUT2D eigenvalue weighted by molar-refractivity contribution is -0.136. The standard InChI is InChI=1S/C13H24N2O2S/c1-14(11-4-3-5-12(11)18-2)10-13(16)15-6-8-17-9-7-15/h11-12H,3-10H2,1-2H3/t11-,12+/m1/s1. The van der Waals surface area contributed by atoms with Crippen LogP contribution in [0.2, 0.25) is 0 Å². The third kappa shape index (κ3) is 3.39. The zero-order valence-electron chi connectivity index (χ0n) is 11.4. The summed E-state index contributed by atoms with van der Waals surface area (Å²) in [6, 6.07) is 0.574. The van der Waals surface area contributed by atoms with Crippen molar-refractivity contribution in [1.82, 2.24) is 9.80 Å². The van der Waals surface area contributed by atoms with Crippen LogP contribution < -0.4 is 0 Å². The van der Waals surface area contributed by atoms with Gasteiger partial charge < -0.3 is 9.64 Å². The second kappa shape index (κ2) is 6.78. The summed E-state index contributed by atoms with van der Waals surface area (Å²) in [5.74, 6) is 0.257. The molecule has 0 bridgehead atoms. The Kier molecular flexibility index (Phi) is 5.33. The van der Waals surface area contributed by atoms with Crippen molar-refractivity contribution in [3.8, 4) is 0 Å². The summed E-state index contributed by atoms with van der Waals surface area (Å²) < 4.78 is 5.28. The summed E-state index contributed by atoms with van der Waals surface area (Å²) in [6.45, 7) is 3.44. The van der Waals surface area contributed by atoms with Crippen LogP contribution in [0.25, 0.3) is 0 Å². The monoisotopic (exact) mass is 272 g/mol. The fourth-order valence-corrected chi connectivity index (χ4v) is 3.99. The van der Waals surface area contributed by atoms with Crippen LogP contribution in [-0.2, 0) is 9.53 Å². The normalized spacial score (nSPS) is 28.9. The molecule has 0 aromatic carbocycles. The maximum Gasteiger partial charge on any atom is 0.236 e. The molecule has 0 N–H and O–H groups in total. The van der Waals surface area contributed by atoms with Crippen molar-refractivity contribution in [1.29, 1.82) is 0 Å². The summed E-state index contributed by atoms with van der Waals surface area (Å²) in [6.07, 6.45) is 6.01. The van der Waals surface area contributed by atoms with Gasteiger partial charge in [0.15, 0.2) is 0 Å². The molecule has 2 atom stereocenters. The first-order chi connectivity index (χ1) is 8.72. The van der Waals surface area contributed by atoms with E-state index in [1.54, 1.807) is 0 Å². The number of nitrogens with zero attached hydrogens (tertiary/aromatic N) is 2. The van der Waals surface area contributed by atoms with Gasteiger partial charge in [-0.2, -0.15) is 11.8 Å². The number of likely N-dealkylation sites (N-methyl/N-ethyl adjacent to an activating group) is 1. The molecule has 2 rings (SSSR count). The average molecular weight is 272 g/mol. The quantitative estimate of drug-likeness (QED) is 0.766. The number of hydrogen-bond acceptors (Lipinski definition) is 4. The van der Waals surface area contributed by atoms with Gasteiger partial charge in [-0.3, -0.25) is 9.69 Å². The molecule has 18 heavy (non-hydrogen) atoms. The van der Waals surface area contributed by atoms with E-state index in [1.165, 1.54) is 19.3 Å². The van der Waals surface area contributed by atoms with Crippen LogP contribution in [0.1, 0.15) is 19.3 Å². The SMILES string of the molecule is CS[C@H]1CCC[C@H]1N(C)CC(=O)N1CCOCC1. The van der Waals surface area contributed by atoms with Crippen molar-refractivity contribution >= 4 is 17.7 Å². The second-order valence-corrected chi connectivity index (χ2v) is 6.26. The number of carbonyl (C=O) groups excluding carboxylic acids is 1. The van der Waals surface area contributed by atoms with Gasteiger partial charge in [-0.1, -0.05) is 6.42 Å². The summed E-state index contributed by atoms with van der Waals surface area (Å²) in [5.41, 5.74) is 0. The lowest BCUT2D eigenvalue weighted by atomic mass is 10.2. The number of hydrogen-bond donors (Lipinski definition) is 0. The highest BCUT2D eigenvalue weighted by atomic mass is 32.2. The molecule has 4 nitrogen and oxygen atoms in total. The maximum absolute atomic E-state index is 12.2. The summed E-state index contributed by atoms with van der Waals surface area (Å²) in [4.78, 5) is 16.4. The summed E-state index contributed by atoms with van der Waals surface area (Å²) >= 11 is 1.94. The van der Waals surface area contributed by atoms with Crippen LogP contribution in [0.15, 0.2) is 0 Å². The van der Waals surface area contributed by atoms with Gasteiger partial charge in [-0.05, 0) is 26.1 Å². The first-order valence-corrected chi connectivity index (χ1v) is 8.09. The van der Waals surface area contributed by atoms with E-state index in [9.17, 15) is 4.79 Å². The van der Waals surface area contributed by atoms with E-state index in [4.69, 9.17) is 4.74 Å². The zero-order valence-corrected chi connectivity index (χ0v) is 12.2. The molecule has 0 unspecified atom stereocenters. The molecule has 0 radical (unpaired) electrons. The minimum Gasteiger partial charge on any atom is -0.378 e. The highest BCUT2D eigenvalue weighted by Crippen LogP contribution is 2.31. The van der Waals surface area contributed by atoms with E-state index < -0.39 is 0 Å². The number of ether oxygens (including phenoxy) is 1. The Bertz CT molecular complexity index is 282. The zero-order chi connectivity index (χ0) is 13.0. The predicted octanol–water partition coefficient (Wildman–Crippen LogP) is 1.06. The molecule has 2 aliphatic rings. The molecule has 104 valence electrons. The first kappa shape index (κ1) is 14.2. The Morgan fingerprint density at radius 2 is 2.11 bits per heavy atom. The fourth-order valence-electron chi connectivity index (χ4n) is 2.93. The molecular weight excluding hydrogens is 248 g/mol. The number of carbonyl (C=O) groups is 1. The van der Waals surface area contributed by atoms with E-state index in [0.29, 0.717) is 31.1 Å². The molecule has 1 aliphatic carbocycles. The van der Waals surface area contributed by atoms with E-state index in [0.717, 1.165) is 13.1 Å². The highest BCUT2D eigenvalue weighted by molar-refractivity contribution is 7.99. The molecule has 1 saturated heterocycles. The van der Waals surface area contributed by atoms with Crippen molar-refractivity contribution in [2.24, 2.45) is 0 Å². The van der Waals surface area contributed by atoms with Gasteiger partial charge >= 0.3 is 0 Å². The molecule has 1 saturated carbocycles. The third-order valence-electron chi connectivity index (χ3n) is 4.04. The number of morpholine rings is 1. The number of thioether (sulfide) groups is 1. The van der Waals surface area contributed by atoms with Gasteiger partial charge in [0, 0.05) is 24.4 Å². The van der Waals surface area contributed by atoms with Gasteiger partial charge in [0.1, 0.15) is 0 Å². The largest absolute Gasteiger partial charge is 0.378 e. The van der Waals surface area contributed by atoms with Crippen LogP contribution in [0.3, 0.4) is 0 Å². The second-order valence-electron chi connectivity index (χ2n) is 5.18. The lowest BCUT2D eigenvalue weighted by Crippen LogP contribution is -2.48. The predicted molar refractivity (Wildman–Crippen MR) is 75.0 cm³/mol. The topological polar surface area (TPSA) is 32.8 Å². The Morgan fingerprint density at radius 3 is 2.78 bits per heavy atom. The number of amides is 1. The summed E-state index contributed by atoms with van der Waals surface area (Å²) in [5, 5.41) is 0.701. The van der Waals surface area contributed by atoms with Crippen LogP contribution in [0.5, 0.6) is 0 Å². The van der Waals surface area contributed by atoms with Crippen LogP contribution >= 0.6 is 11.8 Å². The van der Waals surface area contributed by atoms with Gasteiger partial charge in [0.05, 0.1) is 19.8 Å². The van der Waals surface area contributed by atoms with Gasteiger partial charge in [0.2, 0.25) is 5.91 Å². The van der Waals surface area contributed by atoms with E-state index in [1.807, 2.05) is 16.7 Å². The molecule has 0 aromatic heterocycles. The van der Waals surface area contributed by atoms with Crippen LogP contribution in [-0.4, -0.2) is 73.2 Å². The molecular formula is C13H24N2O2S. The van der Waals surface area contributed by atoms with E-state index >= 15 is 0 Å². The highest BCUT2D eigenvalue weighted by Gasteiger charge is 2.31.